The maximum Gasteiger partial charge on any atom is 0.220 e. The van der Waals surface area contributed by atoms with Crippen LogP contribution in [0.2, 0.25) is 0 Å². The van der Waals surface area contributed by atoms with Crippen molar-refractivity contribution in [1.82, 2.24) is 10.2 Å². The number of benzene rings is 2. The lowest BCUT2D eigenvalue weighted by Gasteiger charge is -2.02. The van der Waals surface area contributed by atoms with Gasteiger partial charge in [-0.15, -0.1) is 10.2 Å². The summed E-state index contributed by atoms with van der Waals surface area (Å²) in [7, 11) is 3.32. The molecule has 0 aliphatic heterocycles. The number of rotatable bonds is 7. The molecule has 0 amide bonds. The van der Waals surface area contributed by atoms with Crippen molar-refractivity contribution in [3.63, 3.8) is 0 Å². The summed E-state index contributed by atoms with van der Waals surface area (Å²) in [6.07, 6.45) is 2.20. The summed E-state index contributed by atoms with van der Waals surface area (Å²) in [5.41, 5.74) is 2.33. The molecule has 0 aliphatic rings. The van der Waals surface area contributed by atoms with E-state index in [9.17, 15) is 0 Å². The van der Waals surface area contributed by atoms with Crippen LogP contribution in [0.3, 0.4) is 0 Å². The minimum absolute atomic E-state index is 0.625. The number of hydrogen-bond acceptors (Lipinski definition) is 5. The average molecular weight is 324 g/mol. The highest BCUT2D eigenvalue weighted by Crippen LogP contribution is 2.16. The quantitative estimate of drug-likeness (QED) is 0.666. The number of hydrogen-bond donors (Lipinski definition) is 0. The Morgan fingerprint density at radius 2 is 1.25 bits per heavy atom. The van der Waals surface area contributed by atoms with Gasteiger partial charge in [0.2, 0.25) is 11.8 Å². The average Bonchev–Trinajstić information content (AvgIpc) is 3.08. The molecule has 0 fully saturated rings. The zero-order chi connectivity index (χ0) is 16.8. The van der Waals surface area contributed by atoms with Crippen molar-refractivity contribution in [3.05, 3.63) is 71.4 Å². The first kappa shape index (κ1) is 16.1. The monoisotopic (exact) mass is 324 g/mol. The second-order valence-electron chi connectivity index (χ2n) is 5.46. The van der Waals surface area contributed by atoms with Crippen molar-refractivity contribution in [2.75, 3.05) is 14.2 Å². The lowest BCUT2D eigenvalue weighted by atomic mass is 10.1. The third-order valence-electron chi connectivity index (χ3n) is 3.81. The van der Waals surface area contributed by atoms with Crippen molar-refractivity contribution in [2.24, 2.45) is 0 Å². The Hall–Kier alpha value is -2.82. The first-order valence-electron chi connectivity index (χ1n) is 7.84. The predicted octanol–water partition coefficient (Wildman–Crippen LogP) is 3.46. The van der Waals surface area contributed by atoms with Gasteiger partial charge in [-0.1, -0.05) is 24.3 Å². The first-order valence-corrected chi connectivity index (χ1v) is 7.84. The molecule has 24 heavy (non-hydrogen) atoms. The normalized spacial score (nSPS) is 10.6. The minimum Gasteiger partial charge on any atom is -0.497 e. The molecule has 2 aromatic carbocycles. The van der Waals surface area contributed by atoms with E-state index in [0.717, 1.165) is 29.9 Å². The molecule has 0 unspecified atom stereocenters. The lowest BCUT2D eigenvalue weighted by Crippen LogP contribution is -1.92. The molecule has 1 aromatic heterocycles. The standard InChI is InChI=1S/C19H20N2O3/c1-22-16-8-3-14(4-9-16)7-12-18-20-21-19(24-18)13-15-5-10-17(23-2)11-6-15/h3-6,8-11H,7,12-13H2,1-2H3. The maximum absolute atomic E-state index is 5.73. The topological polar surface area (TPSA) is 57.4 Å². The molecule has 0 aliphatic carbocycles. The molecule has 1 heterocycles. The van der Waals surface area contributed by atoms with Crippen LogP contribution in [0.4, 0.5) is 0 Å². The van der Waals surface area contributed by atoms with Gasteiger partial charge < -0.3 is 13.9 Å². The largest absolute Gasteiger partial charge is 0.497 e. The van der Waals surface area contributed by atoms with Crippen LogP contribution in [-0.4, -0.2) is 24.4 Å². The summed E-state index contributed by atoms with van der Waals surface area (Å²) < 4.78 is 16.0. The van der Waals surface area contributed by atoms with E-state index < -0.39 is 0 Å². The molecular weight excluding hydrogens is 304 g/mol. The third-order valence-corrected chi connectivity index (χ3v) is 3.81. The van der Waals surface area contributed by atoms with Crippen LogP contribution < -0.4 is 9.47 Å². The molecule has 3 aromatic rings. The van der Waals surface area contributed by atoms with E-state index in [0.29, 0.717) is 18.2 Å². The maximum atomic E-state index is 5.73. The number of aryl methyl sites for hydroxylation is 2. The van der Waals surface area contributed by atoms with Crippen LogP contribution in [-0.2, 0) is 19.3 Å². The van der Waals surface area contributed by atoms with Crippen molar-refractivity contribution >= 4 is 0 Å². The first-order chi connectivity index (χ1) is 11.8. The highest BCUT2D eigenvalue weighted by atomic mass is 16.5. The van der Waals surface area contributed by atoms with E-state index in [-0.39, 0.29) is 0 Å². The predicted molar refractivity (Wildman–Crippen MR) is 90.5 cm³/mol. The minimum atomic E-state index is 0.625. The Labute approximate surface area is 141 Å². The summed E-state index contributed by atoms with van der Waals surface area (Å²) in [5, 5.41) is 8.25. The van der Waals surface area contributed by atoms with Gasteiger partial charge in [-0.25, -0.2) is 0 Å². The van der Waals surface area contributed by atoms with Gasteiger partial charge in [0.15, 0.2) is 0 Å². The summed E-state index contributed by atoms with van der Waals surface area (Å²) in [6, 6.07) is 15.9. The summed E-state index contributed by atoms with van der Waals surface area (Å²) in [5.74, 6) is 2.99. The van der Waals surface area contributed by atoms with Gasteiger partial charge in [-0.3, -0.25) is 0 Å². The van der Waals surface area contributed by atoms with Gasteiger partial charge in [0, 0.05) is 6.42 Å². The number of methoxy groups -OCH3 is 2. The van der Waals surface area contributed by atoms with Crippen LogP contribution in [0, 0.1) is 0 Å². The molecule has 5 nitrogen and oxygen atoms in total. The van der Waals surface area contributed by atoms with E-state index >= 15 is 0 Å². The zero-order valence-corrected chi connectivity index (χ0v) is 13.9. The van der Waals surface area contributed by atoms with Gasteiger partial charge in [0.1, 0.15) is 11.5 Å². The Morgan fingerprint density at radius 1 is 0.708 bits per heavy atom. The van der Waals surface area contributed by atoms with E-state index in [4.69, 9.17) is 13.9 Å². The van der Waals surface area contributed by atoms with Crippen LogP contribution in [0.1, 0.15) is 22.9 Å². The molecule has 0 bridgehead atoms. The van der Waals surface area contributed by atoms with E-state index in [1.165, 1.54) is 5.56 Å². The van der Waals surface area contributed by atoms with Crippen molar-refractivity contribution in [3.8, 4) is 11.5 Å². The fraction of sp³-hybridized carbons (Fsp3) is 0.263. The Kier molecular flexibility index (Phi) is 5.11. The number of nitrogens with zero attached hydrogens (tertiary/aromatic N) is 2. The van der Waals surface area contributed by atoms with Gasteiger partial charge >= 0.3 is 0 Å². The SMILES string of the molecule is COc1ccc(CCc2nnc(Cc3ccc(OC)cc3)o2)cc1. The number of ether oxygens (including phenoxy) is 2. The molecular formula is C19H20N2O3. The van der Waals surface area contributed by atoms with E-state index in [1.807, 2.05) is 48.5 Å². The summed E-state index contributed by atoms with van der Waals surface area (Å²) in [4.78, 5) is 0. The smallest absolute Gasteiger partial charge is 0.220 e. The molecule has 0 spiro atoms. The van der Waals surface area contributed by atoms with Crippen LogP contribution in [0.5, 0.6) is 11.5 Å². The summed E-state index contributed by atoms with van der Waals surface area (Å²) >= 11 is 0. The highest BCUT2D eigenvalue weighted by molar-refractivity contribution is 5.29. The van der Waals surface area contributed by atoms with Gasteiger partial charge in [-0.05, 0) is 41.8 Å². The van der Waals surface area contributed by atoms with Gasteiger partial charge in [0.25, 0.3) is 0 Å². The van der Waals surface area contributed by atoms with Crippen molar-refractivity contribution in [2.45, 2.75) is 19.3 Å². The summed E-state index contributed by atoms with van der Waals surface area (Å²) in [6.45, 7) is 0. The van der Waals surface area contributed by atoms with Crippen LogP contribution in [0.25, 0.3) is 0 Å². The Balaban J connectivity index is 1.56. The molecule has 0 atom stereocenters. The second-order valence-corrected chi connectivity index (χ2v) is 5.46. The van der Waals surface area contributed by atoms with E-state index in [1.54, 1.807) is 14.2 Å². The molecule has 5 heteroatoms. The molecule has 0 N–H and O–H groups in total. The van der Waals surface area contributed by atoms with E-state index in [2.05, 4.69) is 10.2 Å². The Morgan fingerprint density at radius 3 is 1.83 bits per heavy atom. The Bertz CT molecular complexity index is 764. The molecule has 3 rings (SSSR count). The van der Waals surface area contributed by atoms with Crippen LogP contribution in [0.15, 0.2) is 52.9 Å². The molecule has 0 radical (unpaired) electrons. The highest BCUT2D eigenvalue weighted by Gasteiger charge is 2.08. The van der Waals surface area contributed by atoms with Crippen LogP contribution >= 0.6 is 0 Å². The fourth-order valence-corrected chi connectivity index (χ4v) is 2.42. The molecule has 124 valence electrons. The van der Waals surface area contributed by atoms with Crippen molar-refractivity contribution < 1.29 is 13.9 Å². The zero-order valence-electron chi connectivity index (χ0n) is 13.9. The lowest BCUT2D eigenvalue weighted by molar-refractivity contribution is 0.414. The van der Waals surface area contributed by atoms with Gasteiger partial charge in [-0.2, -0.15) is 0 Å². The molecule has 0 saturated heterocycles. The molecule has 0 saturated carbocycles. The number of aromatic nitrogens is 2. The van der Waals surface area contributed by atoms with Gasteiger partial charge in [0.05, 0.1) is 20.6 Å². The van der Waals surface area contributed by atoms with Crippen molar-refractivity contribution in [1.29, 1.82) is 0 Å². The third kappa shape index (κ3) is 4.13. The fourth-order valence-electron chi connectivity index (χ4n) is 2.42. The second kappa shape index (κ2) is 7.64.